The highest BCUT2D eigenvalue weighted by molar-refractivity contribution is 5.85. The highest BCUT2D eigenvalue weighted by Gasteiger charge is 2.28. The van der Waals surface area contributed by atoms with Gasteiger partial charge in [-0.3, -0.25) is 9.20 Å². The lowest BCUT2D eigenvalue weighted by molar-refractivity contribution is -0.126. The Kier molecular flexibility index (Phi) is 7.69. The van der Waals surface area contributed by atoms with Gasteiger partial charge < -0.3 is 20.5 Å². The zero-order valence-electron chi connectivity index (χ0n) is 17.1. The van der Waals surface area contributed by atoms with Crippen LogP contribution in [0.15, 0.2) is 42.6 Å². The summed E-state index contributed by atoms with van der Waals surface area (Å²) < 4.78 is 12.8. The summed E-state index contributed by atoms with van der Waals surface area (Å²) >= 11 is 0. The molecule has 9 nitrogen and oxygen atoms in total. The van der Waals surface area contributed by atoms with E-state index in [-0.39, 0.29) is 19.9 Å². The van der Waals surface area contributed by atoms with E-state index in [1.165, 1.54) is 7.11 Å². The number of hydrogen-bond acceptors (Lipinski definition) is 7. The quantitative estimate of drug-likeness (QED) is 0.568. The molecule has 3 rings (SSSR count). The molecule has 1 atom stereocenters. The van der Waals surface area contributed by atoms with Crippen molar-refractivity contribution in [2.45, 2.75) is 39.5 Å². The molecule has 9 heteroatoms. The number of methoxy groups -OCH3 is 1. The summed E-state index contributed by atoms with van der Waals surface area (Å²) in [5.74, 6) is 0.448. The number of benzene rings is 1. The van der Waals surface area contributed by atoms with Gasteiger partial charge in [0.15, 0.2) is 11.6 Å². The molecule has 2 aromatic heterocycles. The topological polar surface area (TPSA) is 128 Å². The van der Waals surface area contributed by atoms with E-state index in [1.54, 1.807) is 30.5 Å². The third kappa shape index (κ3) is 5.57. The Balaban J connectivity index is 0.00000341. The second kappa shape index (κ2) is 10.0. The summed E-state index contributed by atoms with van der Waals surface area (Å²) in [4.78, 5) is 12.6. The van der Waals surface area contributed by atoms with Crippen LogP contribution in [0.2, 0.25) is 0 Å². The van der Waals surface area contributed by atoms with E-state index < -0.39 is 11.6 Å². The van der Waals surface area contributed by atoms with Crippen molar-refractivity contribution in [1.82, 2.24) is 19.9 Å². The van der Waals surface area contributed by atoms with Crippen LogP contribution in [0.1, 0.15) is 44.3 Å². The SMILES string of the molecule is C.COc1cc(C#N)cn2c([C@@H](COCc3ccccc3)NC(=O)C(C)(C)N)nnc12. The van der Waals surface area contributed by atoms with E-state index in [2.05, 4.69) is 21.6 Å². The van der Waals surface area contributed by atoms with Crippen LogP contribution >= 0.6 is 0 Å². The maximum Gasteiger partial charge on any atom is 0.240 e. The van der Waals surface area contributed by atoms with Crippen LogP contribution in [0.25, 0.3) is 5.65 Å². The number of carbonyl (C=O) groups excluding carboxylic acids is 1. The first-order valence-corrected chi connectivity index (χ1v) is 9.37. The van der Waals surface area contributed by atoms with Crippen LogP contribution in [0, 0.1) is 11.3 Å². The molecule has 3 N–H and O–H groups in total. The molecule has 0 unspecified atom stereocenters. The largest absolute Gasteiger partial charge is 0.493 e. The maximum absolute atomic E-state index is 12.6. The molecule has 0 saturated carbocycles. The van der Waals surface area contributed by atoms with Crippen LogP contribution in [0.3, 0.4) is 0 Å². The van der Waals surface area contributed by atoms with Gasteiger partial charge in [0.25, 0.3) is 0 Å². The van der Waals surface area contributed by atoms with Gasteiger partial charge in [0.2, 0.25) is 11.6 Å². The smallest absolute Gasteiger partial charge is 0.240 e. The molecule has 0 saturated heterocycles. The Morgan fingerprint density at radius 1 is 1.32 bits per heavy atom. The van der Waals surface area contributed by atoms with Crippen LogP contribution in [0.4, 0.5) is 0 Å². The van der Waals surface area contributed by atoms with Crippen molar-refractivity contribution in [2.75, 3.05) is 13.7 Å². The first-order valence-electron chi connectivity index (χ1n) is 9.37. The van der Waals surface area contributed by atoms with Crippen molar-refractivity contribution < 1.29 is 14.3 Å². The van der Waals surface area contributed by atoms with Gasteiger partial charge in [-0.2, -0.15) is 5.26 Å². The molecule has 31 heavy (non-hydrogen) atoms. The Bertz CT molecular complexity index is 1070. The van der Waals surface area contributed by atoms with Gasteiger partial charge in [0.05, 0.1) is 31.4 Å². The monoisotopic (exact) mass is 424 g/mol. The lowest BCUT2D eigenvalue weighted by Crippen LogP contribution is -2.50. The maximum atomic E-state index is 12.6. The number of amides is 1. The molecule has 2 heterocycles. The number of fused-ring (bicyclic) bond motifs is 1. The number of rotatable bonds is 8. The van der Waals surface area contributed by atoms with Crippen molar-refractivity contribution >= 4 is 11.6 Å². The summed E-state index contributed by atoms with van der Waals surface area (Å²) in [6.45, 7) is 3.73. The van der Waals surface area contributed by atoms with E-state index in [0.717, 1.165) is 5.56 Å². The molecular weight excluding hydrogens is 396 g/mol. The zero-order chi connectivity index (χ0) is 21.7. The number of pyridine rings is 1. The molecule has 0 fully saturated rings. The second-order valence-corrected chi connectivity index (χ2v) is 7.41. The number of carbonyl (C=O) groups is 1. The van der Waals surface area contributed by atoms with Crippen LogP contribution in [-0.4, -0.2) is 39.8 Å². The lowest BCUT2D eigenvalue weighted by Gasteiger charge is -2.23. The number of nitrogens with two attached hydrogens (primary N) is 1. The van der Waals surface area contributed by atoms with Crippen LogP contribution < -0.4 is 15.8 Å². The summed E-state index contributed by atoms with van der Waals surface area (Å²) in [7, 11) is 1.49. The van der Waals surface area contributed by atoms with Gasteiger partial charge in [-0.1, -0.05) is 37.8 Å². The first-order chi connectivity index (χ1) is 14.3. The fourth-order valence-corrected chi connectivity index (χ4v) is 2.82. The molecule has 164 valence electrons. The average molecular weight is 425 g/mol. The highest BCUT2D eigenvalue weighted by atomic mass is 16.5. The van der Waals surface area contributed by atoms with Crippen molar-refractivity contribution in [3.8, 4) is 11.8 Å². The summed E-state index contributed by atoms with van der Waals surface area (Å²) in [5.41, 5.74) is 6.66. The molecule has 0 aliphatic heterocycles. The predicted molar refractivity (Wildman–Crippen MR) is 116 cm³/mol. The standard InChI is InChI=1S/C21H24N6O3.CH4/c1-21(2,23)20(28)24-16(13-30-12-14-7-5-4-6-8-14)18-25-26-19-17(29-3)9-15(10-22)11-27(18)19;/h4-9,11,16H,12-13,23H2,1-3H3,(H,24,28);1H4/t16-;/m1./s1. The van der Waals surface area contributed by atoms with Gasteiger partial charge in [0, 0.05) is 12.3 Å². The highest BCUT2D eigenvalue weighted by Crippen LogP contribution is 2.23. The van der Waals surface area contributed by atoms with Crippen molar-refractivity contribution in [2.24, 2.45) is 5.73 Å². The Morgan fingerprint density at radius 2 is 2.03 bits per heavy atom. The molecule has 0 spiro atoms. The van der Waals surface area contributed by atoms with Gasteiger partial charge in [0.1, 0.15) is 12.1 Å². The number of nitrogens with zero attached hydrogens (tertiary/aromatic N) is 4. The summed E-state index contributed by atoms with van der Waals surface area (Å²) in [6, 6.07) is 12.7. The number of nitriles is 1. The molecule has 1 amide bonds. The predicted octanol–water partition coefficient (Wildman–Crippen LogP) is 2.36. The fourth-order valence-electron chi connectivity index (χ4n) is 2.82. The minimum absolute atomic E-state index is 0. The summed E-state index contributed by atoms with van der Waals surface area (Å²) in [6.07, 6.45) is 1.59. The van der Waals surface area contributed by atoms with Gasteiger partial charge in [-0.05, 0) is 19.4 Å². The molecular formula is C22H28N6O3. The lowest BCUT2D eigenvalue weighted by atomic mass is 10.1. The number of ether oxygens (including phenoxy) is 2. The number of hydrogen-bond donors (Lipinski definition) is 2. The normalized spacial score (nSPS) is 12.0. The fraction of sp³-hybridized carbons (Fsp3) is 0.364. The molecule has 0 bridgehead atoms. The summed E-state index contributed by atoms with van der Waals surface area (Å²) in [5, 5.41) is 20.6. The molecule has 1 aromatic carbocycles. The van der Waals surface area contributed by atoms with Gasteiger partial charge in [-0.25, -0.2) is 0 Å². The van der Waals surface area contributed by atoms with E-state index in [4.69, 9.17) is 15.2 Å². The van der Waals surface area contributed by atoms with Crippen molar-refractivity contribution in [3.05, 3.63) is 59.5 Å². The van der Waals surface area contributed by atoms with Crippen LogP contribution in [-0.2, 0) is 16.1 Å². The molecule has 0 radical (unpaired) electrons. The number of aromatic nitrogens is 3. The first kappa shape index (κ1) is 23.8. The Morgan fingerprint density at radius 3 is 2.65 bits per heavy atom. The number of nitrogens with one attached hydrogen (secondary N) is 1. The van der Waals surface area contributed by atoms with Crippen LogP contribution in [0.5, 0.6) is 5.75 Å². The van der Waals surface area contributed by atoms with Crippen molar-refractivity contribution in [3.63, 3.8) is 0 Å². The van der Waals surface area contributed by atoms with Gasteiger partial charge in [-0.15, -0.1) is 10.2 Å². The average Bonchev–Trinajstić information content (AvgIpc) is 3.16. The van der Waals surface area contributed by atoms with E-state index in [0.29, 0.717) is 29.4 Å². The Labute approximate surface area is 181 Å². The van der Waals surface area contributed by atoms with E-state index in [1.807, 2.05) is 30.3 Å². The molecule has 0 aliphatic rings. The van der Waals surface area contributed by atoms with Crippen molar-refractivity contribution in [1.29, 1.82) is 5.26 Å². The third-order valence-corrected chi connectivity index (χ3v) is 4.44. The Hall–Kier alpha value is -3.48. The second-order valence-electron chi connectivity index (χ2n) is 7.41. The van der Waals surface area contributed by atoms with E-state index in [9.17, 15) is 10.1 Å². The minimum atomic E-state index is -1.09. The van der Waals surface area contributed by atoms with E-state index >= 15 is 0 Å². The third-order valence-electron chi connectivity index (χ3n) is 4.44. The molecule has 0 aliphatic carbocycles. The zero-order valence-corrected chi connectivity index (χ0v) is 17.1. The minimum Gasteiger partial charge on any atom is -0.493 e. The molecule has 3 aromatic rings. The van der Waals surface area contributed by atoms with Gasteiger partial charge >= 0.3 is 0 Å².